The normalized spacial score (nSPS) is 19.5. The zero-order valence-electron chi connectivity index (χ0n) is 14.9. The predicted octanol–water partition coefficient (Wildman–Crippen LogP) is 6.31. The second-order valence-electron chi connectivity index (χ2n) is 7.19. The number of halogens is 1. The summed E-state index contributed by atoms with van der Waals surface area (Å²) in [7, 11) is 0. The third kappa shape index (κ3) is 3.27. The lowest BCUT2D eigenvalue weighted by molar-refractivity contribution is 0.381. The zero-order valence-corrected chi connectivity index (χ0v) is 16.5. The third-order valence-corrected chi connectivity index (χ3v) is 5.60. The van der Waals surface area contributed by atoms with Gasteiger partial charge in [0, 0.05) is 28.5 Å². The molecule has 126 valence electrons. The second-order valence-corrected chi connectivity index (χ2v) is 8.04. The van der Waals surface area contributed by atoms with Crippen LogP contribution in [0.5, 0.6) is 0 Å². The highest BCUT2D eigenvalue weighted by atomic mass is 79.9. The van der Waals surface area contributed by atoms with Crippen LogP contribution in [0, 0.1) is 0 Å². The van der Waals surface area contributed by atoms with E-state index in [0.29, 0.717) is 5.92 Å². The molecule has 1 aliphatic heterocycles. The molecule has 0 radical (unpaired) electrons. The number of para-hydroxylation sites is 1. The van der Waals surface area contributed by atoms with Crippen molar-refractivity contribution < 1.29 is 0 Å². The standard InChI is InChI=1S/C21H25BrN2/c1-5-24-20-11-10-16(12-17(20)15(2)13-21(24,3)4)14-23-19-9-7-6-8-18(19)22/h6-12,14-15H,5,13H2,1-4H3. The fourth-order valence-corrected chi connectivity index (χ4v) is 4.28. The Hall–Kier alpha value is -1.61. The van der Waals surface area contributed by atoms with E-state index in [1.165, 1.54) is 17.7 Å². The molecule has 0 spiro atoms. The molecule has 0 fully saturated rings. The van der Waals surface area contributed by atoms with Crippen LogP contribution in [0.2, 0.25) is 0 Å². The van der Waals surface area contributed by atoms with Gasteiger partial charge in [-0.15, -0.1) is 0 Å². The molecule has 0 amide bonds. The van der Waals surface area contributed by atoms with E-state index in [1.54, 1.807) is 0 Å². The van der Waals surface area contributed by atoms with Gasteiger partial charge in [-0.2, -0.15) is 0 Å². The summed E-state index contributed by atoms with van der Waals surface area (Å²) in [4.78, 5) is 7.16. The van der Waals surface area contributed by atoms with E-state index >= 15 is 0 Å². The minimum atomic E-state index is 0.214. The molecule has 0 saturated heterocycles. The average molecular weight is 385 g/mol. The maximum Gasteiger partial charge on any atom is 0.0771 e. The van der Waals surface area contributed by atoms with Gasteiger partial charge in [0.25, 0.3) is 0 Å². The molecule has 0 aromatic heterocycles. The number of hydrogen-bond donors (Lipinski definition) is 0. The predicted molar refractivity (Wildman–Crippen MR) is 108 cm³/mol. The Morgan fingerprint density at radius 1 is 1.25 bits per heavy atom. The highest BCUT2D eigenvalue weighted by Crippen LogP contribution is 2.43. The first-order valence-corrected chi connectivity index (χ1v) is 9.42. The van der Waals surface area contributed by atoms with Gasteiger partial charge in [0.2, 0.25) is 0 Å². The zero-order chi connectivity index (χ0) is 17.3. The number of hydrogen-bond acceptors (Lipinski definition) is 2. The van der Waals surface area contributed by atoms with Crippen LogP contribution in [-0.2, 0) is 0 Å². The van der Waals surface area contributed by atoms with Crippen molar-refractivity contribution in [1.29, 1.82) is 0 Å². The molecule has 1 atom stereocenters. The maximum absolute atomic E-state index is 4.63. The van der Waals surface area contributed by atoms with Gasteiger partial charge in [-0.3, -0.25) is 4.99 Å². The Morgan fingerprint density at radius 2 is 2.00 bits per heavy atom. The molecule has 1 heterocycles. The van der Waals surface area contributed by atoms with Crippen molar-refractivity contribution >= 4 is 33.5 Å². The van der Waals surface area contributed by atoms with E-state index in [9.17, 15) is 0 Å². The first-order valence-electron chi connectivity index (χ1n) is 8.62. The van der Waals surface area contributed by atoms with Crippen LogP contribution >= 0.6 is 15.9 Å². The molecular formula is C21H25BrN2. The maximum atomic E-state index is 4.63. The van der Waals surface area contributed by atoms with Gasteiger partial charge >= 0.3 is 0 Å². The van der Waals surface area contributed by atoms with E-state index in [1.807, 2.05) is 30.5 Å². The fraction of sp³-hybridized carbons (Fsp3) is 0.381. The summed E-state index contributed by atoms with van der Waals surface area (Å²) < 4.78 is 1.02. The molecule has 0 saturated carbocycles. The average Bonchev–Trinajstić information content (AvgIpc) is 2.54. The highest BCUT2D eigenvalue weighted by Gasteiger charge is 2.35. The first kappa shape index (κ1) is 17.2. The van der Waals surface area contributed by atoms with Crippen molar-refractivity contribution in [2.24, 2.45) is 4.99 Å². The highest BCUT2D eigenvalue weighted by molar-refractivity contribution is 9.10. The SMILES string of the molecule is CCN1c2ccc(C=Nc3ccccc3Br)cc2C(C)CC1(C)C. The molecule has 1 unspecified atom stereocenters. The van der Waals surface area contributed by atoms with E-state index in [0.717, 1.165) is 22.3 Å². The van der Waals surface area contributed by atoms with Gasteiger partial charge in [-0.05, 0) is 84.4 Å². The summed E-state index contributed by atoms with van der Waals surface area (Å²) in [5, 5.41) is 0. The van der Waals surface area contributed by atoms with Crippen molar-refractivity contribution in [2.45, 2.75) is 45.6 Å². The summed E-state index contributed by atoms with van der Waals surface area (Å²) in [5.41, 5.74) is 5.14. The lowest BCUT2D eigenvalue weighted by Gasteiger charge is -2.47. The van der Waals surface area contributed by atoms with Gasteiger partial charge in [0.1, 0.15) is 0 Å². The number of fused-ring (bicyclic) bond motifs is 1. The topological polar surface area (TPSA) is 15.6 Å². The van der Waals surface area contributed by atoms with Crippen LogP contribution in [0.1, 0.15) is 51.2 Å². The van der Waals surface area contributed by atoms with Crippen LogP contribution in [0.3, 0.4) is 0 Å². The van der Waals surface area contributed by atoms with Crippen molar-refractivity contribution in [2.75, 3.05) is 11.4 Å². The van der Waals surface area contributed by atoms with E-state index in [2.05, 4.69) is 71.7 Å². The van der Waals surface area contributed by atoms with E-state index < -0.39 is 0 Å². The Balaban J connectivity index is 1.94. The van der Waals surface area contributed by atoms with Gasteiger partial charge in [-0.25, -0.2) is 0 Å². The molecule has 0 aliphatic carbocycles. The van der Waals surface area contributed by atoms with Crippen molar-refractivity contribution in [3.63, 3.8) is 0 Å². The summed E-state index contributed by atoms with van der Waals surface area (Å²) in [6, 6.07) is 14.8. The summed E-state index contributed by atoms with van der Waals surface area (Å²) in [6.07, 6.45) is 3.14. The van der Waals surface area contributed by atoms with Crippen LogP contribution in [-0.4, -0.2) is 18.3 Å². The van der Waals surface area contributed by atoms with Crippen molar-refractivity contribution in [3.8, 4) is 0 Å². The lowest BCUT2D eigenvalue weighted by atomic mass is 9.79. The molecule has 3 heteroatoms. The van der Waals surface area contributed by atoms with Gasteiger partial charge < -0.3 is 4.90 Å². The molecule has 2 aromatic carbocycles. The lowest BCUT2D eigenvalue weighted by Crippen LogP contribution is -2.48. The monoisotopic (exact) mass is 384 g/mol. The fourth-order valence-electron chi connectivity index (χ4n) is 3.89. The molecule has 2 nitrogen and oxygen atoms in total. The number of anilines is 1. The van der Waals surface area contributed by atoms with Gasteiger partial charge in [0.15, 0.2) is 0 Å². The van der Waals surface area contributed by atoms with E-state index in [-0.39, 0.29) is 5.54 Å². The van der Waals surface area contributed by atoms with Crippen LogP contribution in [0.15, 0.2) is 51.9 Å². The van der Waals surface area contributed by atoms with Crippen molar-refractivity contribution in [1.82, 2.24) is 0 Å². The van der Waals surface area contributed by atoms with E-state index in [4.69, 9.17) is 0 Å². The molecule has 24 heavy (non-hydrogen) atoms. The van der Waals surface area contributed by atoms with Gasteiger partial charge in [-0.1, -0.05) is 25.1 Å². The summed E-state index contributed by atoms with van der Waals surface area (Å²) in [6.45, 7) is 10.3. The molecular weight excluding hydrogens is 360 g/mol. The minimum Gasteiger partial charge on any atom is -0.366 e. The summed E-state index contributed by atoms with van der Waals surface area (Å²) >= 11 is 3.55. The third-order valence-electron chi connectivity index (χ3n) is 4.93. The van der Waals surface area contributed by atoms with Crippen LogP contribution in [0.4, 0.5) is 11.4 Å². The molecule has 3 rings (SSSR count). The van der Waals surface area contributed by atoms with Gasteiger partial charge in [0.05, 0.1) is 5.69 Å². The van der Waals surface area contributed by atoms with Crippen LogP contribution < -0.4 is 4.90 Å². The van der Waals surface area contributed by atoms with Crippen LogP contribution in [0.25, 0.3) is 0 Å². The quantitative estimate of drug-likeness (QED) is 0.565. The smallest absolute Gasteiger partial charge is 0.0771 e. The largest absolute Gasteiger partial charge is 0.366 e. The number of nitrogens with zero attached hydrogens (tertiary/aromatic N) is 2. The number of rotatable bonds is 3. The molecule has 2 aromatic rings. The first-order chi connectivity index (χ1) is 11.4. The Morgan fingerprint density at radius 3 is 2.71 bits per heavy atom. The number of aliphatic imine (C=N–C) groups is 1. The Bertz CT molecular complexity index is 764. The number of benzene rings is 2. The Labute approximate surface area is 153 Å². The molecule has 1 aliphatic rings. The minimum absolute atomic E-state index is 0.214. The molecule has 0 N–H and O–H groups in total. The van der Waals surface area contributed by atoms with Crippen molar-refractivity contribution in [3.05, 3.63) is 58.1 Å². The molecule has 0 bridgehead atoms. The second kappa shape index (κ2) is 6.72. The Kier molecular flexibility index (Phi) is 4.82. The summed E-state index contributed by atoms with van der Waals surface area (Å²) in [5.74, 6) is 0.564.